The number of carbonyl (C=O) groups is 1. The molecule has 3 aromatic carbocycles. The van der Waals surface area contributed by atoms with Crippen LogP contribution in [0.3, 0.4) is 0 Å². The van der Waals surface area contributed by atoms with Crippen molar-refractivity contribution in [2.24, 2.45) is 0 Å². The summed E-state index contributed by atoms with van der Waals surface area (Å²) in [7, 11) is 4.10. The summed E-state index contributed by atoms with van der Waals surface area (Å²) in [6, 6.07) is 22.5. The van der Waals surface area contributed by atoms with E-state index < -0.39 is 0 Å². The zero-order chi connectivity index (χ0) is 26.6. The number of unbranched alkanes of at least 4 members (excludes halogenated alkanes) is 1. The molecule has 0 N–H and O–H groups in total. The number of rotatable bonds is 14. The molecule has 0 aromatic heterocycles. The van der Waals surface area contributed by atoms with E-state index in [-0.39, 0.29) is 5.78 Å². The van der Waals surface area contributed by atoms with Crippen molar-refractivity contribution < 1.29 is 9.53 Å². The van der Waals surface area contributed by atoms with E-state index in [4.69, 9.17) is 4.74 Å². The number of nitrogens with zero attached hydrogens (tertiary/aromatic N) is 2. The van der Waals surface area contributed by atoms with Crippen LogP contribution in [0, 0.1) is 6.92 Å². The van der Waals surface area contributed by atoms with E-state index in [1.54, 1.807) is 6.08 Å². The summed E-state index contributed by atoms with van der Waals surface area (Å²) in [6.07, 6.45) is 5.64. The van der Waals surface area contributed by atoms with Crippen molar-refractivity contribution in [3.05, 3.63) is 95.1 Å². The number of carbonyl (C=O) groups excluding carboxylic acids is 1. The highest BCUT2D eigenvalue weighted by atomic mass is 16.5. The van der Waals surface area contributed by atoms with Gasteiger partial charge in [-0.2, -0.15) is 0 Å². The Morgan fingerprint density at radius 3 is 2.38 bits per heavy atom. The third kappa shape index (κ3) is 8.41. The number of aryl methyl sites for hydroxylation is 1. The fraction of sp³-hybridized carbons (Fsp3) is 0.364. The molecule has 0 saturated heterocycles. The molecule has 0 bridgehead atoms. The van der Waals surface area contributed by atoms with Crippen LogP contribution in [0.1, 0.15) is 53.7 Å². The Hall–Kier alpha value is -3.21. The largest absolute Gasteiger partial charge is 0.493 e. The van der Waals surface area contributed by atoms with Crippen LogP contribution < -0.4 is 4.74 Å². The molecule has 0 aliphatic carbocycles. The summed E-state index contributed by atoms with van der Waals surface area (Å²) >= 11 is 0. The van der Waals surface area contributed by atoms with Gasteiger partial charge in [-0.3, -0.25) is 4.79 Å². The molecule has 0 fully saturated rings. The van der Waals surface area contributed by atoms with Gasteiger partial charge in [0, 0.05) is 6.54 Å². The molecule has 0 amide bonds. The summed E-state index contributed by atoms with van der Waals surface area (Å²) in [5.41, 5.74) is 6.18. The van der Waals surface area contributed by atoms with Crippen LogP contribution in [0.2, 0.25) is 0 Å². The Morgan fingerprint density at radius 2 is 1.65 bits per heavy atom. The smallest absolute Gasteiger partial charge is 0.189 e. The first-order valence-electron chi connectivity index (χ1n) is 13.4. The fourth-order valence-electron chi connectivity index (χ4n) is 4.51. The average molecular weight is 499 g/mol. The number of ketones is 1. The molecule has 0 aliphatic heterocycles. The number of benzene rings is 3. The van der Waals surface area contributed by atoms with Crippen molar-refractivity contribution >= 4 is 11.9 Å². The number of ether oxygens (including phenoxy) is 1. The second kappa shape index (κ2) is 14.5. The predicted molar refractivity (Wildman–Crippen MR) is 156 cm³/mol. The summed E-state index contributed by atoms with van der Waals surface area (Å²) in [6.45, 7) is 11.1. The van der Waals surface area contributed by atoms with E-state index in [1.807, 2.05) is 56.6 Å². The van der Waals surface area contributed by atoms with Gasteiger partial charge >= 0.3 is 0 Å². The molecule has 0 atom stereocenters. The highest BCUT2D eigenvalue weighted by Crippen LogP contribution is 2.30. The van der Waals surface area contributed by atoms with E-state index >= 15 is 0 Å². The molecular formula is C33H42N2O2. The minimum Gasteiger partial charge on any atom is -0.493 e. The molecule has 0 radical (unpaired) electrons. The lowest BCUT2D eigenvalue weighted by atomic mass is 9.96. The minimum atomic E-state index is -0.0479. The quantitative estimate of drug-likeness (QED) is 0.135. The summed E-state index contributed by atoms with van der Waals surface area (Å²) in [4.78, 5) is 18.1. The maximum atomic E-state index is 13.5. The molecule has 0 heterocycles. The lowest BCUT2D eigenvalue weighted by Gasteiger charge is -2.18. The third-order valence-electron chi connectivity index (χ3n) is 6.68. The topological polar surface area (TPSA) is 32.8 Å². The van der Waals surface area contributed by atoms with Gasteiger partial charge in [-0.1, -0.05) is 74.5 Å². The Kier molecular flexibility index (Phi) is 11.1. The van der Waals surface area contributed by atoms with Crippen molar-refractivity contribution in [3.63, 3.8) is 0 Å². The van der Waals surface area contributed by atoms with Gasteiger partial charge in [-0.25, -0.2) is 0 Å². The van der Waals surface area contributed by atoms with Crippen LogP contribution in [-0.2, 0) is 6.54 Å². The molecule has 4 heteroatoms. The van der Waals surface area contributed by atoms with Gasteiger partial charge in [0.1, 0.15) is 5.75 Å². The highest BCUT2D eigenvalue weighted by molar-refractivity contribution is 6.09. The monoisotopic (exact) mass is 498 g/mol. The van der Waals surface area contributed by atoms with Gasteiger partial charge in [0.05, 0.1) is 12.2 Å². The first-order valence-corrected chi connectivity index (χ1v) is 13.4. The van der Waals surface area contributed by atoms with E-state index in [9.17, 15) is 4.79 Å². The molecule has 196 valence electrons. The van der Waals surface area contributed by atoms with Crippen molar-refractivity contribution in [2.75, 3.05) is 40.3 Å². The Balaban J connectivity index is 1.83. The zero-order valence-corrected chi connectivity index (χ0v) is 23.2. The number of allylic oxidation sites excluding steroid dienone is 1. The SMILES string of the molecule is CCN(CC)CCCCOc1ccc(-c2ccccc2C)cc1C(=O)/C=C/c1ccccc1CN(C)C. The molecule has 37 heavy (non-hydrogen) atoms. The molecule has 0 spiro atoms. The first kappa shape index (κ1) is 28.4. The van der Waals surface area contributed by atoms with Gasteiger partial charge in [-0.05, 0) is 99.5 Å². The zero-order valence-electron chi connectivity index (χ0n) is 23.2. The number of hydrogen-bond donors (Lipinski definition) is 0. The lowest BCUT2D eigenvalue weighted by molar-refractivity contribution is 0.104. The minimum absolute atomic E-state index is 0.0479. The Labute approximate surface area is 223 Å². The summed E-state index contributed by atoms with van der Waals surface area (Å²) in [5, 5.41) is 0. The highest BCUT2D eigenvalue weighted by Gasteiger charge is 2.14. The van der Waals surface area contributed by atoms with Crippen molar-refractivity contribution in [1.29, 1.82) is 0 Å². The van der Waals surface area contributed by atoms with Gasteiger partial charge < -0.3 is 14.5 Å². The first-order chi connectivity index (χ1) is 17.9. The molecule has 4 nitrogen and oxygen atoms in total. The van der Waals surface area contributed by atoms with E-state index in [2.05, 4.69) is 60.9 Å². The predicted octanol–water partition coefficient (Wildman–Crippen LogP) is 7.12. The standard InChI is InChI=1S/C33H42N2O2/c1-6-35(7-2)22-12-13-23-37-33-21-19-28(30-17-11-8-14-26(30)3)24-31(33)32(36)20-18-27-15-9-10-16-29(27)25-34(4)5/h8-11,14-21,24H,6-7,12-13,22-23,25H2,1-5H3/b20-18+. The van der Waals surface area contributed by atoms with Crippen LogP contribution in [0.25, 0.3) is 17.2 Å². The average Bonchev–Trinajstić information content (AvgIpc) is 2.90. The van der Waals surface area contributed by atoms with Crippen molar-refractivity contribution in [1.82, 2.24) is 9.80 Å². The number of hydrogen-bond acceptors (Lipinski definition) is 4. The van der Waals surface area contributed by atoms with Crippen LogP contribution in [0.4, 0.5) is 0 Å². The summed E-state index contributed by atoms with van der Waals surface area (Å²) in [5.74, 6) is 0.602. The van der Waals surface area contributed by atoms with Gasteiger partial charge in [-0.15, -0.1) is 0 Å². The van der Waals surface area contributed by atoms with Crippen LogP contribution >= 0.6 is 0 Å². The van der Waals surface area contributed by atoms with Crippen LogP contribution in [-0.4, -0.2) is 55.9 Å². The van der Waals surface area contributed by atoms with Crippen molar-refractivity contribution in [3.8, 4) is 16.9 Å². The van der Waals surface area contributed by atoms with Gasteiger partial charge in [0.25, 0.3) is 0 Å². The Bertz CT molecular complexity index is 1180. The van der Waals surface area contributed by atoms with E-state index in [1.165, 1.54) is 11.1 Å². The molecule has 3 rings (SSSR count). The molecule has 0 aliphatic rings. The third-order valence-corrected chi connectivity index (χ3v) is 6.68. The Morgan fingerprint density at radius 1 is 0.919 bits per heavy atom. The van der Waals surface area contributed by atoms with Crippen LogP contribution in [0.15, 0.2) is 72.8 Å². The van der Waals surface area contributed by atoms with Gasteiger partial charge in [0.2, 0.25) is 0 Å². The van der Waals surface area contributed by atoms with E-state index in [0.29, 0.717) is 17.9 Å². The second-order valence-corrected chi connectivity index (χ2v) is 9.74. The molecule has 0 unspecified atom stereocenters. The normalized spacial score (nSPS) is 11.5. The lowest BCUT2D eigenvalue weighted by Crippen LogP contribution is -2.24. The van der Waals surface area contributed by atoms with Crippen molar-refractivity contribution in [2.45, 2.75) is 40.2 Å². The molecular weight excluding hydrogens is 456 g/mol. The van der Waals surface area contributed by atoms with E-state index in [0.717, 1.165) is 55.7 Å². The maximum absolute atomic E-state index is 13.5. The van der Waals surface area contributed by atoms with Crippen LogP contribution in [0.5, 0.6) is 5.75 Å². The van der Waals surface area contributed by atoms with Gasteiger partial charge in [0.15, 0.2) is 5.78 Å². The molecule has 0 saturated carbocycles. The maximum Gasteiger partial charge on any atom is 0.189 e. The fourth-order valence-corrected chi connectivity index (χ4v) is 4.51. The molecule has 3 aromatic rings. The summed E-state index contributed by atoms with van der Waals surface area (Å²) < 4.78 is 6.18. The second-order valence-electron chi connectivity index (χ2n) is 9.74.